The smallest absolute Gasteiger partial charge is 0.158 e. The van der Waals surface area contributed by atoms with E-state index in [0.29, 0.717) is 12.1 Å². The Hall–Kier alpha value is -1.95. The minimum absolute atomic E-state index is 0.144. The van der Waals surface area contributed by atoms with Crippen molar-refractivity contribution in [2.24, 2.45) is 4.99 Å². The topological polar surface area (TPSA) is 52.8 Å². The summed E-state index contributed by atoms with van der Waals surface area (Å²) in [7, 11) is 0. The first-order valence-electron chi connectivity index (χ1n) is 3.69. The number of rotatable bonds is 2. The van der Waals surface area contributed by atoms with Gasteiger partial charge in [-0.1, -0.05) is 5.92 Å². The van der Waals surface area contributed by atoms with E-state index in [2.05, 4.69) is 10.9 Å². The lowest BCUT2D eigenvalue weighted by Gasteiger charge is -1.97. The SMILES string of the molecule is C#CC/N=C/c1ccc(O)c(O)c1. The van der Waals surface area contributed by atoms with Gasteiger partial charge >= 0.3 is 0 Å². The van der Waals surface area contributed by atoms with Crippen molar-refractivity contribution < 1.29 is 10.2 Å². The Morgan fingerprint density at radius 2 is 2.15 bits per heavy atom. The maximum absolute atomic E-state index is 9.10. The standard InChI is InChI=1S/C10H9NO2/c1-2-5-11-7-8-3-4-9(12)10(13)6-8/h1,3-4,6-7,12-13H,5H2/b11-7+. The van der Waals surface area contributed by atoms with E-state index in [1.807, 2.05) is 0 Å². The molecule has 3 nitrogen and oxygen atoms in total. The number of aromatic hydroxyl groups is 2. The molecule has 0 saturated heterocycles. The first-order chi connectivity index (χ1) is 6.24. The van der Waals surface area contributed by atoms with Crippen molar-refractivity contribution in [2.75, 3.05) is 6.54 Å². The fourth-order valence-corrected chi connectivity index (χ4v) is 0.825. The van der Waals surface area contributed by atoms with Gasteiger partial charge in [0.05, 0.1) is 6.54 Å². The third kappa shape index (κ3) is 2.53. The fraction of sp³-hybridized carbons (Fsp3) is 0.100. The van der Waals surface area contributed by atoms with Crippen LogP contribution in [0.2, 0.25) is 0 Å². The van der Waals surface area contributed by atoms with Crippen molar-refractivity contribution in [3.63, 3.8) is 0 Å². The second kappa shape index (κ2) is 4.17. The summed E-state index contributed by atoms with van der Waals surface area (Å²) in [6, 6.07) is 4.44. The summed E-state index contributed by atoms with van der Waals surface area (Å²) in [6.07, 6.45) is 6.53. The van der Waals surface area contributed by atoms with E-state index < -0.39 is 0 Å². The second-order valence-corrected chi connectivity index (χ2v) is 2.42. The third-order valence-electron chi connectivity index (χ3n) is 1.42. The highest BCUT2D eigenvalue weighted by Crippen LogP contribution is 2.23. The molecule has 1 aromatic rings. The van der Waals surface area contributed by atoms with E-state index >= 15 is 0 Å². The molecule has 0 aromatic heterocycles. The number of benzene rings is 1. The van der Waals surface area contributed by atoms with Gasteiger partial charge in [-0.05, 0) is 23.8 Å². The van der Waals surface area contributed by atoms with Crippen molar-refractivity contribution >= 4 is 6.21 Å². The quantitative estimate of drug-likeness (QED) is 0.402. The molecular formula is C10H9NO2. The van der Waals surface area contributed by atoms with Gasteiger partial charge in [0.25, 0.3) is 0 Å². The Kier molecular flexibility index (Phi) is 2.93. The predicted octanol–water partition coefficient (Wildman–Crippen LogP) is 1.15. The van der Waals surface area contributed by atoms with E-state index in [9.17, 15) is 0 Å². The van der Waals surface area contributed by atoms with Crippen molar-refractivity contribution in [1.29, 1.82) is 0 Å². The van der Waals surface area contributed by atoms with Crippen LogP contribution in [-0.4, -0.2) is 23.0 Å². The molecule has 0 aliphatic carbocycles. The Morgan fingerprint density at radius 1 is 1.38 bits per heavy atom. The molecule has 3 heteroatoms. The van der Waals surface area contributed by atoms with Gasteiger partial charge < -0.3 is 10.2 Å². The maximum Gasteiger partial charge on any atom is 0.158 e. The highest BCUT2D eigenvalue weighted by molar-refractivity contribution is 5.80. The van der Waals surface area contributed by atoms with Crippen LogP contribution in [0.15, 0.2) is 23.2 Å². The van der Waals surface area contributed by atoms with Crippen molar-refractivity contribution in [3.05, 3.63) is 23.8 Å². The zero-order valence-corrected chi connectivity index (χ0v) is 6.94. The molecule has 2 N–H and O–H groups in total. The molecule has 0 heterocycles. The summed E-state index contributed by atoms with van der Waals surface area (Å²) in [5.74, 6) is 2.05. The van der Waals surface area contributed by atoms with Gasteiger partial charge in [0.1, 0.15) is 0 Å². The van der Waals surface area contributed by atoms with Crippen LogP contribution in [-0.2, 0) is 0 Å². The molecule has 0 aliphatic heterocycles. The van der Waals surface area contributed by atoms with E-state index in [1.54, 1.807) is 12.3 Å². The van der Waals surface area contributed by atoms with E-state index in [-0.39, 0.29) is 11.5 Å². The molecule has 13 heavy (non-hydrogen) atoms. The molecule has 0 spiro atoms. The molecule has 1 rings (SSSR count). The summed E-state index contributed by atoms with van der Waals surface area (Å²) >= 11 is 0. The van der Waals surface area contributed by atoms with Crippen LogP contribution in [0.1, 0.15) is 5.56 Å². The number of phenolic OH excluding ortho intramolecular Hbond substituents is 2. The molecule has 0 saturated carbocycles. The molecular weight excluding hydrogens is 166 g/mol. The number of aliphatic imine (C=N–C) groups is 1. The summed E-state index contributed by atoms with van der Waals surface area (Å²) in [5.41, 5.74) is 0.700. The summed E-state index contributed by atoms with van der Waals surface area (Å²) in [4.78, 5) is 3.88. The van der Waals surface area contributed by atoms with Crippen molar-refractivity contribution in [1.82, 2.24) is 0 Å². The van der Waals surface area contributed by atoms with Gasteiger partial charge in [-0.3, -0.25) is 4.99 Å². The average molecular weight is 175 g/mol. The average Bonchev–Trinajstić information content (AvgIpc) is 2.12. The Bertz CT molecular complexity index is 364. The normalized spacial score (nSPS) is 10.1. The van der Waals surface area contributed by atoms with Gasteiger partial charge in [-0.25, -0.2) is 0 Å². The summed E-state index contributed by atoms with van der Waals surface area (Å²) < 4.78 is 0. The minimum atomic E-state index is -0.162. The van der Waals surface area contributed by atoms with Crippen LogP contribution in [0.3, 0.4) is 0 Å². The Morgan fingerprint density at radius 3 is 2.77 bits per heavy atom. The number of hydrogen-bond acceptors (Lipinski definition) is 3. The molecule has 0 bridgehead atoms. The van der Waals surface area contributed by atoms with E-state index in [0.717, 1.165) is 0 Å². The van der Waals surface area contributed by atoms with Crippen LogP contribution in [0.5, 0.6) is 11.5 Å². The van der Waals surface area contributed by atoms with Crippen LogP contribution < -0.4 is 0 Å². The number of terminal acetylenes is 1. The maximum atomic E-state index is 9.10. The first kappa shape index (κ1) is 9.14. The Balaban J connectivity index is 2.81. The van der Waals surface area contributed by atoms with E-state index in [4.69, 9.17) is 16.6 Å². The van der Waals surface area contributed by atoms with Gasteiger partial charge in [0, 0.05) is 6.21 Å². The first-order valence-corrected chi connectivity index (χ1v) is 3.69. The van der Waals surface area contributed by atoms with Gasteiger partial charge in [-0.2, -0.15) is 0 Å². The Labute approximate surface area is 76.4 Å². The predicted molar refractivity (Wildman–Crippen MR) is 51.1 cm³/mol. The van der Waals surface area contributed by atoms with Crippen LogP contribution in [0.4, 0.5) is 0 Å². The number of phenols is 2. The van der Waals surface area contributed by atoms with Crippen molar-refractivity contribution in [3.8, 4) is 23.8 Å². The highest BCUT2D eigenvalue weighted by atomic mass is 16.3. The lowest BCUT2D eigenvalue weighted by Crippen LogP contribution is -1.82. The zero-order valence-electron chi connectivity index (χ0n) is 6.94. The molecule has 0 fully saturated rings. The molecule has 0 amide bonds. The lowest BCUT2D eigenvalue weighted by atomic mass is 10.2. The number of nitrogens with zero attached hydrogens (tertiary/aromatic N) is 1. The molecule has 0 unspecified atom stereocenters. The largest absolute Gasteiger partial charge is 0.504 e. The molecule has 1 aromatic carbocycles. The minimum Gasteiger partial charge on any atom is -0.504 e. The van der Waals surface area contributed by atoms with Gasteiger partial charge in [-0.15, -0.1) is 6.42 Å². The third-order valence-corrected chi connectivity index (χ3v) is 1.42. The second-order valence-electron chi connectivity index (χ2n) is 2.42. The lowest BCUT2D eigenvalue weighted by molar-refractivity contribution is 0.403. The van der Waals surface area contributed by atoms with Crippen LogP contribution in [0, 0.1) is 12.3 Å². The molecule has 0 atom stereocenters. The summed E-state index contributed by atoms with van der Waals surface area (Å²) in [6.45, 7) is 0.307. The van der Waals surface area contributed by atoms with Crippen molar-refractivity contribution in [2.45, 2.75) is 0 Å². The van der Waals surface area contributed by atoms with Crippen LogP contribution in [0.25, 0.3) is 0 Å². The van der Waals surface area contributed by atoms with Gasteiger partial charge in [0.15, 0.2) is 11.5 Å². The zero-order chi connectivity index (χ0) is 9.68. The highest BCUT2D eigenvalue weighted by Gasteiger charge is 1.97. The molecule has 66 valence electrons. The fourth-order valence-electron chi connectivity index (χ4n) is 0.825. The number of hydrogen-bond donors (Lipinski definition) is 2. The monoisotopic (exact) mass is 175 g/mol. The van der Waals surface area contributed by atoms with Crippen LogP contribution >= 0.6 is 0 Å². The molecule has 0 radical (unpaired) electrons. The molecule has 0 aliphatic rings. The summed E-state index contributed by atoms with van der Waals surface area (Å²) in [5, 5.41) is 18.1. The van der Waals surface area contributed by atoms with E-state index in [1.165, 1.54) is 12.1 Å². The van der Waals surface area contributed by atoms with Gasteiger partial charge in [0.2, 0.25) is 0 Å².